The van der Waals surface area contributed by atoms with Gasteiger partial charge in [0, 0.05) is 11.6 Å². The molecule has 2 nitrogen and oxygen atoms in total. The maximum atomic E-state index is 6.15. The highest BCUT2D eigenvalue weighted by atomic mass is 79.9. The Kier molecular flexibility index (Phi) is 6.87. The highest BCUT2D eigenvalue weighted by Crippen LogP contribution is 2.35. The van der Waals surface area contributed by atoms with E-state index in [1.165, 1.54) is 0 Å². The number of halogens is 4. The summed E-state index contributed by atoms with van der Waals surface area (Å²) in [5.41, 5.74) is 1.91. The van der Waals surface area contributed by atoms with Crippen LogP contribution < -0.4 is 10.1 Å². The van der Waals surface area contributed by atoms with Crippen molar-refractivity contribution in [3.63, 3.8) is 0 Å². The third-order valence-corrected chi connectivity index (χ3v) is 4.66. The van der Waals surface area contributed by atoms with Crippen molar-refractivity contribution in [2.24, 2.45) is 0 Å². The number of ether oxygens (including phenoxy) is 1. The van der Waals surface area contributed by atoms with Crippen LogP contribution in [0.25, 0.3) is 0 Å². The van der Waals surface area contributed by atoms with E-state index in [-0.39, 0.29) is 0 Å². The Morgan fingerprint density at radius 3 is 2.41 bits per heavy atom. The summed E-state index contributed by atoms with van der Waals surface area (Å²) in [5.74, 6) is 0.825. The summed E-state index contributed by atoms with van der Waals surface area (Å²) in [4.78, 5) is 0. The average Bonchev–Trinajstić information content (AvgIpc) is 2.47. The van der Waals surface area contributed by atoms with Gasteiger partial charge < -0.3 is 10.1 Å². The standard InChI is InChI=1S/C16H15Br2Cl2NO/c1-2-5-22-16-12(17)6-10(7-13(16)18)9-21-15-8-11(19)3-4-14(15)20/h3-4,6-8,21H,2,5,9H2,1H3. The van der Waals surface area contributed by atoms with Crippen LogP contribution in [0.15, 0.2) is 39.3 Å². The first kappa shape index (κ1) is 17.9. The Hall–Kier alpha value is -0.420. The van der Waals surface area contributed by atoms with Gasteiger partial charge in [-0.1, -0.05) is 30.1 Å². The second kappa shape index (κ2) is 8.44. The number of hydrogen-bond donors (Lipinski definition) is 1. The van der Waals surface area contributed by atoms with E-state index >= 15 is 0 Å². The molecule has 22 heavy (non-hydrogen) atoms. The lowest BCUT2D eigenvalue weighted by Gasteiger charge is -2.13. The number of rotatable bonds is 6. The highest BCUT2D eigenvalue weighted by Gasteiger charge is 2.09. The summed E-state index contributed by atoms with van der Waals surface area (Å²) in [6.07, 6.45) is 0.968. The van der Waals surface area contributed by atoms with Crippen LogP contribution in [-0.2, 0) is 6.54 Å². The number of nitrogens with one attached hydrogen (secondary N) is 1. The number of benzene rings is 2. The number of anilines is 1. The van der Waals surface area contributed by atoms with Crippen LogP contribution >= 0.6 is 55.1 Å². The Bertz CT molecular complexity index is 642. The molecule has 6 heteroatoms. The maximum absolute atomic E-state index is 6.15. The summed E-state index contributed by atoms with van der Waals surface area (Å²) < 4.78 is 7.56. The molecular weight excluding hydrogens is 453 g/mol. The molecule has 2 rings (SSSR count). The molecule has 0 aliphatic rings. The SMILES string of the molecule is CCCOc1c(Br)cc(CNc2cc(Cl)ccc2Cl)cc1Br. The molecular formula is C16H15Br2Cl2NO. The molecule has 0 aliphatic heterocycles. The minimum Gasteiger partial charge on any atom is -0.491 e. The van der Waals surface area contributed by atoms with Gasteiger partial charge >= 0.3 is 0 Å². The van der Waals surface area contributed by atoms with Gasteiger partial charge in [0.25, 0.3) is 0 Å². The van der Waals surface area contributed by atoms with Crippen molar-refractivity contribution in [3.8, 4) is 5.75 Å². The zero-order chi connectivity index (χ0) is 16.1. The molecule has 0 atom stereocenters. The molecule has 0 heterocycles. The van der Waals surface area contributed by atoms with Crippen molar-refractivity contribution in [1.82, 2.24) is 0 Å². The fourth-order valence-corrected chi connectivity index (χ4v) is 3.75. The normalized spacial score (nSPS) is 10.6. The van der Waals surface area contributed by atoms with E-state index in [2.05, 4.69) is 44.1 Å². The molecule has 0 unspecified atom stereocenters. The Balaban J connectivity index is 2.12. The summed E-state index contributed by atoms with van der Waals surface area (Å²) >= 11 is 19.2. The first-order chi connectivity index (χ1) is 10.5. The molecule has 0 amide bonds. The zero-order valence-electron chi connectivity index (χ0n) is 11.9. The third kappa shape index (κ3) is 4.79. The van der Waals surface area contributed by atoms with E-state index in [0.717, 1.165) is 32.4 Å². The molecule has 0 radical (unpaired) electrons. The Labute approximate surface area is 157 Å². The van der Waals surface area contributed by atoms with Gasteiger partial charge in [0.2, 0.25) is 0 Å². The van der Waals surface area contributed by atoms with Gasteiger partial charge in [-0.05, 0) is 74.2 Å². The minimum absolute atomic E-state index is 0.630. The van der Waals surface area contributed by atoms with Crippen LogP contribution in [0.4, 0.5) is 5.69 Å². The van der Waals surface area contributed by atoms with Crippen molar-refractivity contribution >= 4 is 60.7 Å². The summed E-state index contributed by atoms with van der Waals surface area (Å²) in [6, 6.07) is 9.41. The Morgan fingerprint density at radius 1 is 1.09 bits per heavy atom. The molecule has 0 bridgehead atoms. The molecule has 2 aromatic carbocycles. The quantitative estimate of drug-likeness (QED) is 0.497. The highest BCUT2D eigenvalue weighted by molar-refractivity contribution is 9.11. The fourth-order valence-electron chi connectivity index (χ4n) is 1.89. The smallest absolute Gasteiger partial charge is 0.147 e. The van der Waals surface area contributed by atoms with Crippen molar-refractivity contribution < 1.29 is 4.74 Å². The molecule has 0 saturated heterocycles. The molecule has 0 aliphatic carbocycles. The lowest BCUT2D eigenvalue weighted by atomic mass is 10.2. The van der Waals surface area contributed by atoms with E-state index in [9.17, 15) is 0 Å². The average molecular weight is 468 g/mol. The Morgan fingerprint density at radius 2 is 1.77 bits per heavy atom. The first-order valence-corrected chi connectivity index (χ1v) is 9.15. The van der Waals surface area contributed by atoms with E-state index in [0.29, 0.717) is 23.2 Å². The van der Waals surface area contributed by atoms with Crippen molar-refractivity contribution in [3.05, 3.63) is 54.9 Å². The van der Waals surface area contributed by atoms with E-state index in [4.69, 9.17) is 27.9 Å². The van der Waals surface area contributed by atoms with Gasteiger partial charge in [0.15, 0.2) is 0 Å². The molecule has 2 aromatic rings. The first-order valence-electron chi connectivity index (χ1n) is 6.81. The predicted molar refractivity (Wildman–Crippen MR) is 101 cm³/mol. The van der Waals surface area contributed by atoms with E-state index in [1.54, 1.807) is 12.1 Å². The van der Waals surface area contributed by atoms with Crippen LogP contribution in [0, 0.1) is 0 Å². The van der Waals surface area contributed by atoms with Gasteiger partial charge in [0.1, 0.15) is 5.75 Å². The molecule has 118 valence electrons. The van der Waals surface area contributed by atoms with Crippen LogP contribution in [0.1, 0.15) is 18.9 Å². The predicted octanol–water partition coefficient (Wildman–Crippen LogP) is 6.92. The van der Waals surface area contributed by atoms with Gasteiger partial charge in [-0.2, -0.15) is 0 Å². The van der Waals surface area contributed by atoms with Crippen LogP contribution in [-0.4, -0.2) is 6.61 Å². The second-order valence-electron chi connectivity index (χ2n) is 4.71. The van der Waals surface area contributed by atoms with Gasteiger partial charge in [-0.25, -0.2) is 0 Å². The minimum atomic E-state index is 0.630. The van der Waals surface area contributed by atoms with E-state index in [1.807, 2.05) is 18.2 Å². The largest absolute Gasteiger partial charge is 0.491 e. The van der Waals surface area contributed by atoms with Crippen molar-refractivity contribution in [2.45, 2.75) is 19.9 Å². The molecule has 0 saturated carbocycles. The topological polar surface area (TPSA) is 21.3 Å². The summed E-state index contributed by atoms with van der Waals surface area (Å²) in [7, 11) is 0. The van der Waals surface area contributed by atoms with Crippen molar-refractivity contribution in [2.75, 3.05) is 11.9 Å². The van der Waals surface area contributed by atoms with Gasteiger partial charge in [-0.3, -0.25) is 0 Å². The maximum Gasteiger partial charge on any atom is 0.147 e. The molecule has 0 aromatic heterocycles. The third-order valence-electron chi connectivity index (χ3n) is 2.92. The monoisotopic (exact) mass is 465 g/mol. The van der Waals surface area contributed by atoms with Crippen molar-refractivity contribution in [1.29, 1.82) is 0 Å². The lowest BCUT2D eigenvalue weighted by Crippen LogP contribution is -2.02. The van der Waals surface area contributed by atoms with Crippen LogP contribution in [0.3, 0.4) is 0 Å². The van der Waals surface area contributed by atoms with Gasteiger partial charge in [0.05, 0.1) is 26.3 Å². The summed E-state index contributed by atoms with van der Waals surface area (Å²) in [5, 5.41) is 4.58. The van der Waals surface area contributed by atoms with Crippen LogP contribution in [0.5, 0.6) is 5.75 Å². The number of hydrogen-bond acceptors (Lipinski definition) is 2. The van der Waals surface area contributed by atoms with Gasteiger partial charge in [-0.15, -0.1) is 0 Å². The fraction of sp³-hybridized carbons (Fsp3) is 0.250. The second-order valence-corrected chi connectivity index (χ2v) is 7.27. The molecule has 1 N–H and O–H groups in total. The molecule has 0 spiro atoms. The van der Waals surface area contributed by atoms with E-state index < -0.39 is 0 Å². The van der Waals surface area contributed by atoms with Crippen LogP contribution in [0.2, 0.25) is 10.0 Å². The summed E-state index contributed by atoms with van der Waals surface area (Å²) in [6.45, 7) is 3.40. The zero-order valence-corrected chi connectivity index (χ0v) is 16.6. The lowest BCUT2D eigenvalue weighted by molar-refractivity contribution is 0.313. The molecule has 0 fully saturated rings.